The molecule has 0 spiro atoms. The first-order valence-corrected chi connectivity index (χ1v) is 5.98. The lowest BCUT2D eigenvalue weighted by Gasteiger charge is -2.19. The molecule has 0 aliphatic rings. The van der Waals surface area contributed by atoms with Crippen LogP contribution in [0.1, 0.15) is 25.5 Å². The van der Waals surface area contributed by atoms with Crippen LogP contribution >= 0.6 is 11.5 Å². The molecule has 6 nitrogen and oxygen atoms in total. The standard InChI is InChI=1S/C9H17N5OS/c1-2-3-4-14(6-8(10)15)5-7-9(11)16-13-12-7/h2-6,11H2,1H3,(H2,10,15). The van der Waals surface area contributed by atoms with Gasteiger partial charge in [0.1, 0.15) is 10.7 Å². The van der Waals surface area contributed by atoms with E-state index in [2.05, 4.69) is 16.5 Å². The fraction of sp³-hybridized carbons (Fsp3) is 0.667. The van der Waals surface area contributed by atoms with Gasteiger partial charge < -0.3 is 11.5 Å². The summed E-state index contributed by atoms with van der Waals surface area (Å²) in [6.45, 7) is 3.68. The molecule has 0 unspecified atom stereocenters. The minimum absolute atomic E-state index is 0.233. The Labute approximate surface area is 98.8 Å². The first kappa shape index (κ1) is 12.9. The van der Waals surface area contributed by atoms with E-state index in [0.717, 1.165) is 36.6 Å². The highest BCUT2D eigenvalue weighted by atomic mass is 32.1. The van der Waals surface area contributed by atoms with Crippen molar-refractivity contribution in [3.63, 3.8) is 0 Å². The average Bonchev–Trinajstić information content (AvgIpc) is 2.60. The van der Waals surface area contributed by atoms with Gasteiger partial charge in [-0.05, 0) is 13.0 Å². The van der Waals surface area contributed by atoms with Crippen molar-refractivity contribution in [1.29, 1.82) is 0 Å². The predicted molar refractivity (Wildman–Crippen MR) is 63.7 cm³/mol. The van der Waals surface area contributed by atoms with Crippen LogP contribution in [-0.2, 0) is 11.3 Å². The molecule has 1 aromatic heterocycles. The Morgan fingerprint density at radius 2 is 2.31 bits per heavy atom. The van der Waals surface area contributed by atoms with Crippen molar-refractivity contribution in [3.8, 4) is 0 Å². The van der Waals surface area contributed by atoms with Gasteiger partial charge in [0.25, 0.3) is 0 Å². The van der Waals surface area contributed by atoms with Crippen molar-refractivity contribution in [2.24, 2.45) is 5.73 Å². The third-order valence-corrected chi connectivity index (χ3v) is 2.76. The smallest absolute Gasteiger partial charge is 0.231 e. The molecule has 7 heteroatoms. The van der Waals surface area contributed by atoms with Crippen LogP contribution in [0.4, 0.5) is 5.00 Å². The maximum atomic E-state index is 10.9. The normalized spacial score (nSPS) is 10.9. The maximum Gasteiger partial charge on any atom is 0.231 e. The lowest BCUT2D eigenvalue weighted by Crippen LogP contribution is -2.34. The molecule has 1 heterocycles. The van der Waals surface area contributed by atoms with Gasteiger partial charge in [0.05, 0.1) is 6.54 Å². The van der Waals surface area contributed by atoms with E-state index in [0.29, 0.717) is 11.5 Å². The molecule has 0 atom stereocenters. The number of anilines is 1. The Morgan fingerprint density at radius 3 is 2.81 bits per heavy atom. The van der Waals surface area contributed by atoms with E-state index in [-0.39, 0.29) is 12.5 Å². The van der Waals surface area contributed by atoms with Gasteiger partial charge in [-0.2, -0.15) is 0 Å². The Bertz CT molecular complexity index is 340. The van der Waals surface area contributed by atoms with Crippen LogP contribution in [0, 0.1) is 0 Å². The fourth-order valence-electron chi connectivity index (χ4n) is 1.35. The van der Waals surface area contributed by atoms with E-state index in [4.69, 9.17) is 11.5 Å². The predicted octanol–water partition coefficient (Wildman–Crippen LogP) is 0.208. The number of hydrogen-bond donors (Lipinski definition) is 2. The minimum Gasteiger partial charge on any atom is -0.388 e. The highest BCUT2D eigenvalue weighted by Crippen LogP contribution is 2.14. The molecule has 1 aromatic rings. The first-order chi connectivity index (χ1) is 7.63. The number of carbonyl (C=O) groups excluding carboxylic acids is 1. The molecule has 1 amide bonds. The van der Waals surface area contributed by atoms with Crippen LogP contribution in [0.25, 0.3) is 0 Å². The third-order valence-electron chi connectivity index (χ3n) is 2.17. The van der Waals surface area contributed by atoms with E-state index in [9.17, 15) is 4.79 Å². The zero-order chi connectivity index (χ0) is 12.0. The third kappa shape index (κ3) is 4.11. The molecule has 1 rings (SSSR count). The van der Waals surface area contributed by atoms with E-state index in [1.807, 2.05) is 4.90 Å². The molecule has 0 saturated heterocycles. The number of nitrogens with zero attached hydrogens (tertiary/aromatic N) is 3. The second kappa shape index (κ2) is 6.39. The largest absolute Gasteiger partial charge is 0.388 e. The highest BCUT2D eigenvalue weighted by Gasteiger charge is 2.12. The van der Waals surface area contributed by atoms with Gasteiger partial charge in [-0.25, -0.2) is 0 Å². The molecule has 0 aromatic carbocycles. The molecule has 0 radical (unpaired) electrons. The quantitative estimate of drug-likeness (QED) is 0.713. The number of nitrogen functional groups attached to an aromatic ring is 1. The monoisotopic (exact) mass is 243 g/mol. The summed E-state index contributed by atoms with van der Waals surface area (Å²) in [5.41, 5.74) is 11.6. The van der Waals surface area contributed by atoms with Crippen LogP contribution in [0.5, 0.6) is 0 Å². The molecular weight excluding hydrogens is 226 g/mol. The van der Waals surface area contributed by atoms with Gasteiger partial charge in [0, 0.05) is 18.1 Å². The lowest BCUT2D eigenvalue weighted by atomic mass is 10.3. The van der Waals surface area contributed by atoms with E-state index >= 15 is 0 Å². The summed E-state index contributed by atoms with van der Waals surface area (Å²) < 4.78 is 3.76. The Morgan fingerprint density at radius 1 is 1.56 bits per heavy atom. The van der Waals surface area contributed by atoms with Crippen molar-refractivity contribution in [3.05, 3.63) is 5.69 Å². The first-order valence-electron chi connectivity index (χ1n) is 5.20. The molecule has 0 saturated carbocycles. The SMILES string of the molecule is CCCCN(CC(N)=O)Cc1nnsc1N. The highest BCUT2D eigenvalue weighted by molar-refractivity contribution is 7.09. The summed E-state index contributed by atoms with van der Waals surface area (Å²) in [7, 11) is 0. The summed E-state index contributed by atoms with van der Waals surface area (Å²) in [6, 6.07) is 0. The van der Waals surface area contributed by atoms with Crippen LogP contribution < -0.4 is 11.5 Å². The summed E-state index contributed by atoms with van der Waals surface area (Å²) in [5, 5.41) is 4.52. The van der Waals surface area contributed by atoms with Crippen molar-refractivity contribution in [2.45, 2.75) is 26.3 Å². The van der Waals surface area contributed by atoms with Gasteiger partial charge in [-0.15, -0.1) is 5.10 Å². The topological polar surface area (TPSA) is 98.1 Å². The van der Waals surface area contributed by atoms with Crippen LogP contribution in [-0.4, -0.2) is 33.5 Å². The van der Waals surface area contributed by atoms with Gasteiger partial charge in [-0.1, -0.05) is 17.8 Å². The van der Waals surface area contributed by atoms with Crippen LogP contribution in [0.2, 0.25) is 0 Å². The average molecular weight is 243 g/mol. The number of rotatable bonds is 7. The Balaban J connectivity index is 2.55. The van der Waals surface area contributed by atoms with Crippen LogP contribution in [0.15, 0.2) is 0 Å². The number of unbranched alkanes of at least 4 members (excludes halogenated alkanes) is 1. The van der Waals surface area contributed by atoms with Gasteiger partial charge >= 0.3 is 0 Å². The molecule has 0 aliphatic heterocycles. The molecule has 0 bridgehead atoms. The number of nitrogens with two attached hydrogens (primary N) is 2. The van der Waals surface area contributed by atoms with Gasteiger partial charge in [0.15, 0.2) is 0 Å². The maximum absolute atomic E-state index is 10.9. The number of aromatic nitrogens is 2. The molecule has 0 aliphatic carbocycles. The van der Waals surface area contributed by atoms with Crippen molar-refractivity contribution in [1.82, 2.24) is 14.5 Å². The van der Waals surface area contributed by atoms with Crippen molar-refractivity contribution in [2.75, 3.05) is 18.8 Å². The number of amides is 1. The van der Waals surface area contributed by atoms with E-state index in [1.54, 1.807) is 0 Å². The van der Waals surface area contributed by atoms with E-state index in [1.165, 1.54) is 0 Å². The number of carbonyl (C=O) groups is 1. The van der Waals surface area contributed by atoms with Crippen molar-refractivity contribution >= 4 is 22.4 Å². The molecule has 0 fully saturated rings. The second-order valence-corrected chi connectivity index (χ2v) is 4.40. The summed E-state index contributed by atoms with van der Waals surface area (Å²) in [5.74, 6) is -0.335. The summed E-state index contributed by atoms with van der Waals surface area (Å²) >= 11 is 1.16. The number of primary amides is 1. The zero-order valence-electron chi connectivity index (χ0n) is 9.35. The van der Waals surface area contributed by atoms with E-state index < -0.39 is 0 Å². The van der Waals surface area contributed by atoms with Gasteiger partial charge in [0.2, 0.25) is 5.91 Å². The summed E-state index contributed by atoms with van der Waals surface area (Å²) in [6.07, 6.45) is 2.09. The van der Waals surface area contributed by atoms with Gasteiger partial charge in [-0.3, -0.25) is 9.69 Å². The molecule has 16 heavy (non-hydrogen) atoms. The van der Waals surface area contributed by atoms with Crippen LogP contribution in [0.3, 0.4) is 0 Å². The molecule has 90 valence electrons. The number of hydrogen-bond acceptors (Lipinski definition) is 6. The van der Waals surface area contributed by atoms with Crippen molar-refractivity contribution < 1.29 is 4.79 Å². The zero-order valence-corrected chi connectivity index (χ0v) is 10.2. The molecular formula is C9H17N5OS. The Kier molecular flexibility index (Phi) is 5.13. The second-order valence-electron chi connectivity index (χ2n) is 3.61. The Hall–Kier alpha value is -1.21. The fourth-order valence-corrected chi connectivity index (χ4v) is 1.79. The summed E-state index contributed by atoms with van der Waals surface area (Å²) in [4.78, 5) is 12.8. The lowest BCUT2D eigenvalue weighted by molar-refractivity contribution is -0.119. The minimum atomic E-state index is -0.335. The molecule has 4 N–H and O–H groups in total.